The summed E-state index contributed by atoms with van der Waals surface area (Å²) in [6.07, 6.45) is 0.690. The lowest BCUT2D eigenvalue weighted by atomic mass is 10.1. The maximum atomic E-state index is 12.5. The molecular formula is C20H19NO5. The maximum absolute atomic E-state index is 12.5. The van der Waals surface area contributed by atoms with Crippen LogP contribution in [0, 0.1) is 6.92 Å². The van der Waals surface area contributed by atoms with Crippen LogP contribution in [0.5, 0.6) is 17.2 Å². The number of fused-ring (bicyclic) bond motifs is 2. The largest absolute Gasteiger partial charge is 0.497 e. The standard InChI is InChI=1S/C20H19NO5/c1-12-15-10-14(23-2)4-6-16(15)26-19(12)20(22)21-8-7-13-3-5-17-18(9-13)25-11-24-17/h3-6,9-10H,7-8,11H2,1-2H3,(H,21,22). The van der Waals surface area contributed by atoms with E-state index in [0.29, 0.717) is 24.3 Å². The van der Waals surface area contributed by atoms with Crippen molar-refractivity contribution in [1.82, 2.24) is 5.32 Å². The first-order valence-electron chi connectivity index (χ1n) is 8.39. The molecule has 0 radical (unpaired) electrons. The van der Waals surface area contributed by atoms with Crippen molar-refractivity contribution >= 4 is 16.9 Å². The fourth-order valence-electron chi connectivity index (χ4n) is 3.04. The van der Waals surface area contributed by atoms with E-state index in [1.807, 2.05) is 43.3 Å². The first-order chi connectivity index (χ1) is 12.7. The van der Waals surface area contributed by atoms with Gasteiger partial charge in [-0.2, -0.15) is 0 Å². The zero-order valence-electron chi connectivity index (χ0n) is 14.6. The molecule has 0 unspecified atom stereocenters. The highest BCUT2D eigenvalue weighted by molar-refractivity contribution is 5.99. The molecule has 1 aliphatic heterocycles. The van der Waals surface area contributed by atoms with E-state index in [0.717, 1.165) is 33.8 Å². The second-order valence-electron chi connectivity index (χ2n) is 6.11. The highest BCUT2D eigenvalue weighted by atomic mass is 16.7. The molecule has 0 saturated carbocycles. The SMILES string of the molecule is COc1ccc2oc(C(=O)NCCc3ccc4c(c3)OCO4)c(C)c2c1. The van der Waals surface area contributed by atoms with Gasteiger partial charge in [-0.05, 0) is 49.2 Å². The zero-order valence-corrected chi connectivity index (χ0v) is 14.6. The number of hydrogen-bond donors (Lipinski definition) is 1. The molecule has 0 aliphatic carbocycles. The molecule has 0 fully saturated rings. The third-order valence-corrected chi connectivity index (χ3v) is 4.49. The summed E-state index contributed by atoms with van der Waals surface area (Å²) in [6.45, 7) is 2.63. The molecule has 1 amide bonds. The molecule has 4 rings (SSSR count). The Hall–Kier alpha value is -3.15. The zero-order chi connectivity index (χ0) is 18.1. The molecule has 134 valence electrons. The summed E-state index contributed by atoms with van der Waals surface area (Å²) in [7, 11) is 1.61. The van der Waals surface area contributed by atoms with Gasteiger partial charge in [-0.1, -0.05) is 6.07 Å². The van der Waals surface area contributed by atoms with Gasteiger partial charge in [0, 0.05) is 17.5 Å². The number of hydrogen-bond acceptors (Lipinski definition) is 5. The Bertz CT molecular complexity index is 976. The minimum Gasteiger partial charge on any atom is -0.497 e. The molecule has 0 spiro atoms. The average Bonchev–Trinajstić information content (AvgIpc) is 3.25. The number of carbonyl (C=O) groups excluding carboxylic acids is 1. The van der Waals surface area contributed by atoms with E-state index in [1.165, 1.54) is 0 Å². The summed E-state index contributed by atoms with van der Waals surface area (Å²) in [6, 6.07) is 11.3. The van der Waals surface area contributed by atoms with Gasteiger partial charge in [0.15, 0.2) is 17.3 Å². The van der Waals surface area contributed by atoms with E-state index in [2.05, 4.69) is 5.32 Å². The van der Waals surface area contributed by atoms with Gasteiger partial charge >= 0.3 is 0 Å². The van der Waals surface area contributed by atoms with Gasteiger partial charge in [0.05, 0.1) is 7.11 Å². The number of benzene rings is 2. The van der Waals surface area contributed by atoms with Crippen molar-refractivity contribution in [1.29, 1.82) is 0 Å². The molecule has 3 aromatic rings. The molecule has 0 atom stereocenters. The van der Waals surface area contributed by atoms with Crippen LogP contribution in [-0.4, -0.2) is 26.4 Å². The summed E-state index contributed by atoms with van der Waals surface area (Å²) in [5, 5.41) is 3.79. The molecule has 1 aromatic heterocycles. The lowest BCUT2D eigenvalue weighted by Crippen LogP contribution is -2.25. The number of furan rings is 1. The van der Waals surface area contributed by atoms with Crippen molar-refractivity contribution in [2.24, 2.45) is 0 Å². The third-order valence-electron chi connectivity index (χ3n) is 4.49. The van der Waals surface area contributed by atoms with Gasteiger partial charge in [-0.3, -0.25) is 4.79 Å². The van der Waals surface area contributed by atoms with Gasteiger partial charge in [0.2, 0.25) is 6.79 Å². The number of methoxy groups -OCH3 is 1. The van der Waals surface area contributed by atoms with Crippen LogP contribution in [0.15, 0.2) is 40.8 Å². The molecule has 1 N–H and O–H groups in total. The summed E-state index contributed by atoms with van der Waals surface area (Å²) >= 11 is 0. The van der Waals surface area contributed by atoms with Crippen molar-refractivity contribution in [2.75, 3.05) is 20.4 Å². The number of aryl methyl sites for hydroxylation is 1. The Kier molecular flexibility index (Phi) is 4.16. The predicted octanol–water partition coefficient (Wildman–Crippen LogP) is 3.45. The molecule has 6 heteroatoms. The summed E-state index contributed by atoms with van der Waals surface area (Å²) in [5.41, 5.74) is 2.55. The van der Waals surface area contributed by atoms with E-state index in [4.69, 9.17) is 18.6 Å². The van der Waals surface area contributed by atoms with Crippen LogP contribution in [0.3, 0.4) is 0 Å². The second-order valence-corrected chi connectivity index (χ2v) is 6.11. The van der Waals surface area contributed by atoms with Crippen LogP contribution in [0.25, 0.3) is 11.0 Å². The van der Waals surface area contributed by atoms with E-state index < -0.39 is 0 Å². The van der Waals surface area contributed by atoms with Crippen molar-refractivity contribution in [2.45, 2.75) is 13.3 Å². The number of carbonyl (C=O) groups is 1. The van der Waals surface area contributed by atoms with Crippen LogP contribution in [0.4, 0.5) is 0 Å². The van der Waals surface area contributed by atoms with Gasteiger partial charge < -0.3 is 23.9 Å². The summed E-state index contributed by atoms with van der Waals surface area (Å²) < 4.78 is 21.6. The first-order valence-corrected chi connectivity index (χ1v) is 8.39. The number of nitrogens with one attached hydrogen (secondary N) is 1. The van der Waals surface area contributed by atoms with Crippen LogP contribution < -0.4 is 19.5 Å². The molecule has 26 heavy (non-hydrogen) atoms. The fraction of sp³-hybridized carbons (Fsp3) is 0.250. The average molecular weight is 353 g/mol. The lowest BCUT2D eigenvalue weighted by Gasteiger charge is -2.05. The van der Waals surface area contributed by atoms with Gasteiger partial charge in [-0.25, -0.2) is 0 Å². The Morgan fingerprint density at radius 2 is 2.00 bits per heavy atom. The first kappa shape index (κ1) is 16.3. The Labute approximate surface area is 150 Å². The van der Waals surface area contributed by atoms with E-state index in [-0.39, 0.29) is 12.7 Å². The molecular weight excluding hydrogens is 334 g/mol. The van der Waals surface area contributed by atoms with Gasteiger partial charge in [-0.15, -0.1) is 0 Å². The Morgan fingerprint density at radius 3 is 2.85 bits per heavy atom. The number of amides is 1. The fourth-order valence-corrected chi connectivity index (χ4v) is 3.04. The van der Waals surface area contributed by atoms with E-state index in [1.54, 1.807) is 7.11 Å². The molecule has 2 aromatic carbocycles. The van der Waals surface area contributed by atoms with Crippen molar-refractivity contribution < 1.29 is 23.4 Å². The monoisotopic (exact) mass is 353 g/mol. The van der Waals surface area contributed by atoms with Gasteiger partial charge in [0.25, 0.3) is 5.91 Å². The highest BCUT2D eigenvalue weighted by Gasteiger charge is 2.18. The molecule has 2 heterocycles. The summed E-state index contributed by atoms with van der Waals surface area (Å²) in [4.78, 5) is 12.5. The smallest absolute Gasteiger partial charge is 0.287 e. The van der Waals surface area contributed by atoms with Crippen molar-refractivity contribution in [3.63, 3.8) is 0 Å². The highest BCUT2D eigenvalue weighted by Crippen LogP contribution is 2.32. The topological polar surface area (TPSA) is 69.9 Å². The Balaban J connectivity index is 1.43. The van der Waals surface area contributed by atoms with Crippen LogP contribution in [-0.2, 0) is 6.42 Å². The lowest BCUT2D eigenvalue weighted by molar-refractivity contribution is 0.0928. The van der Waals surface area contributed by atoms with Crippen LogP contribution in [0.1, 0.15) is 21.7 Å². The van der Waals surface area contributed by atoms with E-state index >= 15 is 0 Å². The third kappa shape index (κ3) is 2.94. The van der Waals surface area contributed by atoms with E-state index in [9.17, 15) is 4.79 Å². The number of ether oxygens (including phenoxy) is 3. The Morgan fingerprint density at radius 1 is 1.15 bits per heavy atom. The van der Waals surface area contributed by atoms with Crippen molar-refractivity contribution in [3.05, 3.63) is 53.3 Å². The molecule has 6 nitrogen and oxygen atoms in total. The minimum atomic E-state index is -0.224. The van der Waals surface area contributed by atoms with Crippen LogP contribution in [0.2, 0.25) is 0 Å². The molecule has 1 aliphatic rings. The minimum absolute atomic E-state index is 0.224. The summed E-state index contributed by atoms with van der Waals surface area (Å²) in [5.74, 6) is 2.34. The molecule has 0 saturated heterocycles. The second kappa shape index (κ2) is 6.63. The van der Waals surface area contributed by atoms with Gasteiger partial charge in [0.1, 0.15) is 11.3 Å². The normalized spacial score (nSPS) is 12.4. The quantitative estimate of drug-likeness (QED) is 0.761. The maximum Gasteiger partial charge on any atom is 0.287 e. The predicted molar refractivity (Wildman–Crippen MR) is 96.1 cm³/mol. The van der Waals surface area contributed by atoms with Crippen molar-refractivity contribution in [3.8, 4) is 17.2 Å². The molecule has 0 bridgehead atoms. The number of rotatable bonds is 5. The van der Waals surface area contributed by atoms with Crippen LogP contribution >= 0.6 is 0 Å².